The van der Waals surface area contributed by atoms with Crippen molar-refractivity contribution in [3.63, 3.8) is 0 Å². The number of piperidine rings is 1. The van der Waals surface area contributed by atoms with Crippen LogP contribution < -0.4 is 9.64 Å². The number of anilines is 1. The van der Waals surface area contributed by atoms with Crippen molar-refractivity contribution in [1.82, 2.24) is 9.88 Å². The lowest BCUT2D eigenvalue weighted by atomic mass is 9.99. The van der Waals surface area contributed by atoms with Gasteiger partial charge in [0.05, 0.1) is 16.4 Å². The molecule has 154 valence electrons. The minimum atomic E-state index is -0.182. The largest absolute Gasteiger partial charge is 0.482 e. The van der Waals surface area contributed by atoms with Gasteiger partial charge in [0.25, 0.3) is 5.91 Å². The van der Waals surface area contributed by atoms with Crippen LogP contribution in [-0.4, -0.2) is 47.9 Å². The molecule has 0 unspecified atom stereocenters. The lowest BCUT2D eigenvalue weighted by Gasteiger charge is -2.34. The molecule has 0 spiro atoms. The molecule has 4 rings (SSSR count). The van der Waals surface area contributed by atoms with Crippen LogP contribution in [0, 0.1) is 5.92 Å². The van der Waals surface area contributed by atoms with Crippen LogP contribution >= 0.6 is 11.3 Å². The lowest BCUT2D eigenvalue weighted by molar-refractivity contribution is -0.133. The normalized spacial score (nSPS) is 17.2. The van der Waals surface area contributed by atoms with Gasteiger partial charge in [0.15, 0.2) is 6.61 Å². The van der Waals surface area contributed by atoms with Crippen molar-refractivity contribution < 1.29 is 14.3 Å². The summed E-state index contributed by atoms with van der Waals surface area (Å²) in [5.41, 5.74) is 2.49. The summed E-state index contributed by atoms with van der Waals surface area (Å²) in [5.74, 6) is 1.11. The number of likely N-dealkylation sites (tertiary alicyclic amines) is 1. The summed E-state index contributed by atoms with van der Waals surface area (Å²) in [4.78, 5) is 33.6. The second-order valence-corrected chi connectivity index (χ2v) is 8.83. The number of fused-ring (bicyclic) bond motifs is 1. The van der Waals surface area contributed by atoms with E-state index in [1.807, 2.05) is 28.5 Å². The third-order valence-electron chi connectivity index (χ3n) is 5.64. The zero-order valence-electron chi connectivity index (χ0n) is 17.0. The molecule has 0 saturated carbocycles. The zero-order chi connectivity index (χ0) is 20.4. The molecule has 2 amide bonds. The van der Waals surface area contributed by atoms with E-state index in [2.05, 4.69) is 13.8 Å². The SMILES string of the molecule is CCCc1nc(-c2ccc3c(c2)N(CC(=O)N2CCC(C)CC2)C(=O)CO3)cs1. The predicted octanol–water partition coefficient (Wildman–Crippen LogP) is 3.75. The van der Waals surface area contributed by atoms with Crippen molar-refractivity contribution >= 4 is 28.8 Å². The molecule has 3 heterocycles. The molecule has 2 aliphatic heterocycles. The number of thiazole rings is 1. The summed E-state index contributed by atoms with van der Waals surface area (Å²) >= 11 is 1.65. The first-order valence-electron chi connectivity index (χ1n) is 10.3. The van der Waals surface area contributed by atoms with Crippen molar-refractivity contribution in [3.8, 4) is 17.0 Å². The Kier molecular flexibility index (Phi) is 5.85. The molecule has 1 aromatic carbocycles. The van der Waals surface area contributed by atoms with Crippen molar-refractivity contribution in [3.05, 3.63) is 28.6 Å². The van der Waals surface area contributed by atoms with E-state index in [4.69, 9.17) is 9.72 Å². The minimum absolute atomic E-state index is 0.00222. The van der Waals surface area contributed by atoms with Gasteiger partial charge in [-0.05, 0) is 49.8 Å². The van der Waals surface area contributed by atoms with Crippen LogP contribution in [0.5, 0.6) is 5.75 Å². The van der Waals surface area contributed by atoms with E-state index < -0.39 is 0 Å². The Bertz CT molecular complexity index is 902. The summed E-state index contributed by atoms with van der Waals surface area (Å²) in [5, 5.41) is 3.15. The van der Waals surface area contributed by atoms with E-state index in [1.165, 1.54) is 0 Å². The number of carbonyl (C=O) groups is 2. The highest BCUT2D eigenvalue weighted by atomic mass is 32.1. The van der Waals surface area contributed by atoms with E-state index in [0.717, 1.165) is 55.0 Å². The molecule has 0 aliphatic carbocycles. The van der Waals surface area contributed by atoms with E-state index >= 15 is 0 Å². The number of ether oxygens (including phenoxy) is 1. The maximum Gasteiger partial charge on any atom is 0.265 e. The molecule has 0 N–H and O–H groups in total. The van der Waals surface area contributed by atoms with E-state index in [1.54, 1.807) is 16.2 Å². The van der Waals surface area contributed by atoms with Crippen molar-refractivity contribution in [2.24, 2.45) is 5.92 Å². The minimum Gasteiger partial charge on any atom is -0.482 e. The Balaban J connectivity index is 1.56. The van der Waals surface area contributed by atoms with Crippen LogP contribution in [0.3, 0.4) is 0 Å². The van der Waals surface area contributed by atoms with Crippen LogP contribution in [0.1, 0.15) is 38.1 Å². The summed E-state index contributed by atoms with van der Waals surface area (Å²) < 4.78 is 5.61. The van der Waals surface area contributed by atoms with Gasteiger partial charge in [-0.25, -0.2) is 4.98 Å². The van der Waals surface area contributed by atoms with Gasteiger partial charge in [0, 0.05) is 24.0 Å². The third-order valence-corrected chi connectivity index (χ3v) is 6.55. The highest BCUT2D eigenvalue weighted by molar-refractivity contribution is 7.09. The first kappa shape index (κ1) is 19.9. The molecule has 1 aromatic heterocycles. The molecule has 1 saturated heterocycles. The number of rotatable bonds is 5. The van der Waals surface area contributed by atoms with Gasteiger partial charge >= 0.3 is 0 Å². The summed E-state index contributed by atoms with van der Waals surface area (Å²) in [6.45, 7) is 5.92. The number of aryl methyl sites for hydroxylation is 1. The van der Waals surface area contributed by atoms with Crippen LogP contribution in [0.2, 0.25) is 0 Å². The molecule has 7 heteroatoms. The molecule has 1 fully saturated rings. The van der Waals surface area contributed by atoms with Gasteiger partial charge in [0.2, 0.25) is 5.91 Å². The first-order chi connectivity index (χ1) is 14.0. The highest BCUT2D eigenvalue weighted by Gasteiger charge is 2.30. The molecule has 2 aromatic rings. The van der Waals surface area contributed by atoms with Gasteiger partial charge in [0.1, 0.15) is 12.3 Å². The van der Waals surface area contributed by atoms with E-state index in [0.29, 0.717) is 17.4 Å². The van der Waals surface area contributed by atoms with Gasteiger partial charge in [-0.3, -0.25) is 14.5 Å². The molecule has 6 nitrogen and oxygen atoms in total. The average molecular weight is 414 g/mol. The fourth-order valence-corrected chi connectivity index (χ4v) is 4.71. The van der Waals surface area contributed by atoms with E-state index in [-0.39, 0.29) is 25.0 Å². The summed E-state index contributed by atoms with van der Waals surface area (Å²) in [6.07, 6.45) is 4.07. The van der Waals surface area contributed by atoms with Gasteiger partial charge in [-0.1, -0.05) is 13.8 Å². The predicted molar refractivity (Wildman–Crippen MR) is 114 cm³/mol. The monoisotopic (exact) mass is 413 g/mol. The summed E-state index contributed by atoms with van der Waals surface area (Å²) in [6, 6.07) is 5.75. The van der Waals surface area contributed by atoms with Crippen molar-refractivity contribution in [2.45, 2.75) is 39.5 Å². The molecule has 0 atom stereocenters. The number of aromatic nitrogens is 1. The second-order valence-electron chi connectivity index (χ2n) is 7.89. The van der Waals surface area contributed by atoms with Crippen LogP contribution in [0.15, 0.2) is 23.6 Å². The average Bonchev–Trinajstić information content (AvgIpc) is 3.19. The van der Waals surface area contributed by atoms with Crippen LogP contribution in [0.4, 0.5) is 5.69 Å². The lowest BCUT2D eigenvalue weighted by Crippen LogP contribution is -2.48. The van der Waals surface area contributed by atoms with Crippen molar-refractivity contribution in [2.75, 3.05) is 31.1 Å². The fraction of sp³-hybridized carbons (Fsp3) is 0.500. The Labute approximate surface area is 175 Å². The highest BCUT2D eigenvalue weighted by Crippen LogP contribution is 2.36. The molecule has 2 aliphatic rings. The topological polar surface area (TPSA) is 62.7 Å². The Morgan fingerprint density at radius 3 is 2.86 bits per heavy atom. The standard InChI is InChI=1S/C22H27N3O3S/c1-3-4-20-23-17(14-29-20)16-5-6-19-18(11-16)25(22(27)13-28-19)12-21(26)24-9-7-15(2)8-10-24/h5-6,11,14-15H,3-4,7-10,12-13H2,1-2H3. The molecular formula is C22H27N3O3S. The first-order valence-corrected chi connectivity index (χ1v) is 11.2. The smallest absolute Gasteiger partial charge is 0.265 e. The molecule has 0 bridgehead atoms. The number of nitrogens with zero attached hydrogens (tertiary/aromatic N) is 3. The Hall–Kier alpha value is -2.41. The van der Waals surface area contributed by atoms with Crippen molar-refractivity contribution in [1.29, 1.82) is 0 Å². The maximum atomic E-state index is 12.8. The number of hydrogen-bond donors (Lipinski definition) is 0. The molecule has 0 radical (unpaired) electrons. The van der Waals surface area contributed by atoms with E-state index in [9.17, 15) is 9.59 Å². The fourth-order valence-electron chi connectivity index (χ4n) is 3.80. The van der Waals surface area contributed by atoms with Crippen LogP contribution in [0.25, 0.3) is 11.3 Å². The second kappa shape index (κ2) is 8.53. The molecular weight excluding hydrogens is 386 g/mol. The zero-order valence-corrected chi connectivity index (χ0v) is 17.8. The summed E-state index contributed by atoms with van der Waals surface area (Å²) in [7, 11) is 0. The Morgan fingerprint density at radius 1 is 1.31 bits per heavy atom. The number of carbonyl (C=O) groups excluding carboxylic acids is 2. The van der Waals surface area contributed by atoms with Gasteiger partial charge < -0.3 is 9.64 Å². The third kappa shape index (κ3) is 4.29. The van der Waals surface area contributed by atoms with Gasteiger partial charge in [-0.2, -0.15) is 0 Å². The maximum absolute atomic E-state index is 12.8. The number of amides is 2. The van der Waals surface area contributed by atoms with Gasteiger partial charge in [-0.15, -0.1) is 11.3 Å². The number of benzene rings is 1. The number of hydrogen-bond acceptors (Lipinski definition) is 5. The van der Waals surface area contributed by atoms with Crippen LogP contribution in [-0.2, 0) is 16.0 Å². The Morgan fingerprint density at radius 2 is 2.10 bits per heavy atom. The molecule has 29 heavy (non-hydrogen) atoms. The quantitative estimate of drug-likeness (QED) is 0.749.